The van der Waals surface area contributed by atoms with Crippen LogP contribution in [0.25, 0.3) is 0 Å². The lowest BCUT2D eigenvalue weighted by Gasteiger charge is -2.17. The minimum Gasteiger partial charge on any atom is -0.497 e. The first-order valence-electron chi connectivity index (χ1n) is 15.4. The van der Waals surface area contributed by atoms with E-state index in [4.69, 9.17) is 4.74 Å². The largest absolute Gasteiger partial charge is 0.497 e. The Hall–Kier alpha value is -4.41. The normalized spacial score (nSPS) is 8.82. The molecule has 11 heteroatoms. The monoisotopic (exact) mass is 631 g/mol. The van der Waals surface area contributed by atoms with Crippen molar-refractivity contribution in [3.63, 3.8) is 0 Å². The van der Waals surface area contributed by atoms with Crippen LogP contribution in [0.3, 0.4) is 0 Å². The molecule has 4 N–H and O–H groups in total. The fraction of sp³-hybridized carbons (Fsp3) is 0.500. The molecule has 0 bridgehead atoms. The number of nitrogens with one attached hydrogen (secondary N) is 4. The van der Waals surface area contributed by atoms with Crippen molar-refractivity contribution >= 4 is 30.0 Å². The Labute approximate surface area is 270 Å². The number of rotatable bonds is 13. The third-order valence-electron chi connectivity index (χ3n) is 5.07. The summed E-state index contributed by atoms with van der Waals surface area (Å²) < 4.78 is 4.97. The molecule has 5 amide bonds. The second-order valence-corrected chi connectivity index (χ2v) is 9.31. The first-order chi connectivity index (χ1) is 21.5. The van der Waals surface area contributed by atoms with Crippen LogP contribution in [0.1, 0.15) is 65.0 Å². The number of benzene rings is 2. The van der Waals surface area contributed by atoms with Crippen molar-refractivity contribution in [2.45, 2.75) is 67.7 Å². The lowest BCUT2D eigenvalue weighted by atomic mass is 10.2. The van der Waals surface area contributed by atoms with Gasteiger partial charge in [-0.05, 0) is 39.3 Å². The molecule has 0 unspecified atom stereocenters. The minimum absolute atomic E-state index is 0.153. The Balaban J connectivity index is -0.000000672. The van der Waals surface area contributed by atoms with Gasteiger partial charge in [0.2, 0.25) is 30.0 Å². The average molecular weight is 632 g/mol. The smallest absolute Gasteiger partial charge is 0.242 e. The molecule has 2 aromatic carbocycles. The fourth-order valence-electron chi connectivity index (χ4n) is 2.81. The maximum absolute atomic E-state index is 11.8. The quantitative estimate of drug-likeness (QED) is 0.196. The molecule has 2 aromatic rings. The minimum atomic E-state index is -0.469. The lowest BCUT2D eigenvalue weighted by Crippen LogP contribution is -2.45. The van der Waals surface area contributed by atoms with Crippen molar-refractivity contribution in [3.8, 4) is 5.75 Å². The van der Waals surface area contributed by atoms with Crippen molar-refractivity contribution in [2.24, 2.45) is 0 Å². The third-order valence-corrected chi connectivity index (χ3v) is 5.07. The van der Waals surface area contributed by atoms with Crippen LogP contribution < -0.4 is 26.0 Å². The molecule has 0 aliphatic heterocycles. The number of nitrogens with zero attached hydrogens (tertiary/aromatic N) is 1. The van der Waals surface area contributed by atoms with E-state index >= 15 is 0 Å². The molecule has 45 heavy (non-hydrogen) atoms. The van der Waals surface area contributed by atoms with Gasteiger partial charge in [0, 0.05) is 26.6 Å². The summed E-state index contributed by atoms with van der Waals surface area (Å²) in [5, 5.41) is 9.78. The van der Waals surface area contributed by atoms with Crippen molar-refractivity contribution < 1.29 is 28.7 Å². The molecule has 0 fully saturated rings. The summed E-state index contributed by atoms with van der Waals surface area (Å²) in [4.78, 5) is 57.2. The number of methoxy groups -OCH3 is 1. The first kappa shape index (κ1) is 45.0. The van der Waals surface area contributed by atoms with Gasteiger partial charge in [-0.1, -0.05) is 87.7 Å². The highest BCUT2D eigenvalue weighted by Gasteiger charge is 2.14. The van der Waals surface area contributed by atoms with Crippen LogP contribution >= 0.6 is 0 Å². The van der Waals surface area contributed by atoms with Gasteiger partial charge in [0.1, 0.15) is 5.75 Å². The molecule has 0 atom stereocenters. The van der Waals surface area contributed by atoms with E-state index in [0.29, 0.717) is 25.9 Å². The van der Waals surface area contributed by atoms with Gasteiger partial charge in [0.15, 0.2) is 0 Å². The molecule has 0 saturated carbocycles. The topological polar surface area (TPSA) is 146 Å². The number of hydrogen-bond acceptors (Lipinski definition) is 6. The van der Waals surface area contributed by atoms with Crippen LogP contribution in [-0.4, -0.2) is 81.8 Å². The van der Waals surface area contributed by atoms with Crippen LogP contribution in [0.4, 0.5) is 0 Å². The number of hydrogen-bond donors (Lipinski definition) is 4. The number of amides is 5. The third kappa shape index (κ3) is 30.8. The number of carbonyl (C=O) groups is 5. The Morgan fingerprint density at radius 3 is 1.78 bits per heavy atom. The molecular formula is C34H57N5O6. The van der Waals surface area contributed by atoms with Gasteiger partial charge in [-0.25, -0.2) is 0 Å². The van der Waals surface area contributed by atoms with Crippen molar-refractivity contribution in [2.75, 3.05) is 46.9 Å². The molecule has 0 radical (unpaired) electrons. The molecule has 0 aromatic heterocycles. The van der Waals surface area contributed by atoms with Crippen LogP contribution in [0.2, 0.25) is 0 Å². The number of ether oxygens (including phenoxy) is 1. The van der Waals surface area contributed by atoms with Crippen LogP contribution in [0.15, 0.2) is 54.6 Å². The zero-order chi connectivity index (χ0) is 34.9. The van der Waals surface area contributed by atoms with Gasteiger partial charge in [0.05, 0.1) is 26.7 Å². The van der Waals surface area contributed by atoms with Gasteiger partial charge >= 0.3 is 0 Å². The molecule has 0 spiro atoms. The van der Waals surface area contributed by atoms with Gasteiger partial charge in [-0.3, -0.25) is 24.0 Å². The number of carbonyl (C=O) groups excluding carboxylic acids is 5. The molecule has 0 saturated heterocycles. The van der Waals surface area contributed by atoms with Gasteiger partial charge in [-0.2, -0.15) is 0 Å². The maximum Gasteiger partial charge on any atom is 0.242 e. The molecule has 0 heterocycles. The molecule has 254 valence electrons. The Kier molecular flexibility index (Phi) is 32.5. The Bertz CT molecular complexity index is 1030. The maximum atomic E-state index is 11.8. The summed E-state index contributed by atoms with van der Waals surface area (Å²) in [7, 11) is 3.10. The van der Waals surface area contributed by atoms with Gasteiger partial charge in [-0.15, -0.1) is 0 Å². The van der Waals surface area contributed by atoms with Crippen molar-refractivity contribution in [1.82, 2.24) is 26.2 Å². The first-order valence-corrected chi connectivity index (χ1v) is 15.4. The highest BCUT2D eigenvalue weighted by molar-refractivity contribution is 5.89. The predicted octanol–water partition coefficient (Wildman–Crippen LogP) is 3.78. The summed E-state index contributed by atoms with van der Waals surface area (Å²) in [6.45, 7) is 14.4. The number of likely N-dealkylation sites (N-methyl/N-ethyl adjacent to an activating group) is 2. The van der Waals surface area contributed by atoms with E-state index in [-0.39, 0.29) is 37.9 Å². The molecule has 0 aliphatic rings. The SMILES string of the molecule is CC.CCC.CCNC(=O)CNC(=O)CN(C)C(=O)CNC(=O)CCCNC=O.COc1ccc(C)cc1.Cc1ccccc1. The van der Waals surface area contributed by atoms with Crippen molar-refractivity contribution in [1.29, 1.82) is 0 Å². The standard InChI is InChI=1S/C14H25N5O5.C8H10O.C7H8.C3H8.C2H6/c1-3-16-12(22)7-17-13(23)9-19(2)14(24)8-18-11(21)5-4-6-15-10-20;1-7-3-5-8(9-2)6-4-7;1-7-5-3-2-4-6-7;1-3-2;1-2/h10H,3-9H2,1-2H3,(H,15,20)(H,16,22)(H,17,23)(H,18,21);3-6H,1-2H3;2-6H,1H3;3H2,1-2H3;1-2H3. The van der Waals surface area contributed by atoms with E-state index in [0.717, 1.165) is 10.6 Å². The zero-order valence-corrected chi connectivity index (χ0v) is 28.8. The van der Waals surface area contributed by atoms with Crippen molar-refractivity contribution in [3.05, 3.63) is 65.7 Å². The Morgan fingerprint density at radius 1 is 0.778 bits per heavy atom. The summed E-state index contributed by atoms with van der Waals surface area (Å²) in [5.74, 6) is -0.604. The summed E-state index contributed by atoms with van der Waals surface area (Å²) >= 11 is 0. The summed E-state index contributed by atoms with van der Waals surface area (Å²) in [6, 6.07) is 18.2. The molecular weight excluding hydrogens is 574 g/mol. The predicted molar refractivity (Wildman–Crippen MR) is 182 cm³/mol. The second kappa shape index (κ2) is 32.5. The second-order valence-electron chi connectivity index (χ2n) is 9.31. The van der Waals surface area contributed by atoms with Gasteiger partial charge < -0.3 is 30.9 Å². The average Bonchev–Trinajstić information content (AvgIpc) is 3.04. The highest BCUT2D eigenvalue weighted by Crippen LogP contribution is 2.09. The van der Waals surface area contributed by atoms with E-state index in [1.807, 2.05) is 56.3 Å². The van der Waals surface area contributed by atoms with Gasteiger partial charge in [0.25, 0.3) is 0 Å². The molecule has 0 aliphatic carbocycles. The van der Waals surface area contributed by atoms with Crippen LogP contribution in [0.5, 0.6) is 5.75 Å². The van der Waals surface area contributed by atoms with E-state index in [1.54, 1.807) is 14.0 Å². The van der Waals surface area contributed by atoms with Crippen LogP contribution in [-0.2, 0) is 24.0 Å². The van der Waals surface area contributed by atoms with E-state index < -0.39 is 11.8 Å². The zero-order valence-electron chi connectivity index (χ0n) is 28.8. The van der Waals surface area contributed by atoms with E-state index in [9.17, 15) is 24.0 Å². The Morgan fingerprint density at radius 2 is 1.31 bits per heavy atom. The molecule has 2 rings (SSSR count). The lowest BCUT2D eigenvalue weighted by molar-refractivity contribution is -0.135. The summed E-state index contributed by atoms with van der Waals surface area (Å²) in [5.41, 5.74) is 2.58. The van der Waals surface area contributed by atoms with Crippen LogP contribution in [0, 0.1) is 13.8 Å². The fourth-order valence-corrected chi connectivity index (χ4v) is 2.81. The molecule has 11 nitrogen and oxygen atoms in total. The summed E-state index contributed by atoms with van der Waals surface area (Å²) in [6.07, 6.45) is 2.45. The highest BCUT2D eigenvalue weighted by atomic mass is 16.5. The van der Waals surface area contributed by atoms with E-state index in [2.05, 4.69) is 61.1 Å². The van der Waals surface area contributed by atoms with E-state index in [1.165, 1.54) is 24.6 Å². The number of aryl methyl sites for hydroxylation is 2.